The zero-order chi connectivity index (χ0) is 16.0. The second-order valence-corrected chi connectivity index (χ2v) is 7.30. The average Bonchev–Trinajstić information content (AvgIpc) is 2.44. The van der Waals surface area contributed by atoms with Gasteiger partial charge < -0.3 is 12.3 Å². The van der Waals surface area contributed by atoms with Crippen LogP contribution < -0.4 is 35.3 Å². The van der Waals surface area contributed by atoms with E-state index in [1.165, 1.54) is 44.9 Å². The van der Waals surface area contributed by atoms with Gasteiger partial charge in [-0.25, -0.2) is 0 Å². The normalized spacial score (nSPS) is 12.9. The second kappa shape index (κ2) is 16.7. The summed E-state index contributed by atoms with van der Waals surface area (Å²) in [5, 5.41) is 9.19. The van der Waals surface area contributed by atoms with Crippen molar-refractivity contribution in [3.63, 3.8) is 0 Å². The number of unbranched alkanes of at least 4 members (excludes halogenated alkanes) is 9. The summed E-state index contributed by atoms with van der Waals surface area (Å²) >= 11 is 0. The van der Waals surface area contributed by atoms with Crippen LogP contribution in [0.15, 0.2) is 0 Å². The number of aliphatic hydroxyl groups excluding tert-OH is 1. The third-order valence-corrected chi connectivity index (χ3v) is 4.75. The molecule has 0 bridgehead atoms. The van der Waals surface area contributed by atoms with Crippen LogP contribution in [0.2, 0.25) is 0 Å². The van der Waals surface area contributed by atoms with Gasteiger partial charge in [-0.3, -0.25) is 4.18 Å². The van der Waals surface area contributed by atoms with Crippen molar-refractivity contribution in [3.8, 4) is 0 Å². The van der Waals surface area contributed by atoms with E-state index in [4.69, 9.17) is 9.92 Å². The summed E-state index contributed by atoms with van der Waals surface area (Å²) in [5.74, 6) is -0.415. The maximum absolute atomic E-state index is 11.4. The quantitative estimate of drug-likeness (QED) is 0.241. The van der Waals surface area contributed by atoms with E-state index in [-0.39, 0.29) is 44.1 Å². The van der Waals surface area contributed by atoms with Crippen molar-refractivity contribution in [2.75, 3.05) is 18.9 Å². The van der Waals surface area contributed by atoms with E-state index in [0.717, 1.165) is 19.3 Å². The largest absolute Gasteiger partial charge is 1.00 e. The molecule has 0 aromatic rings. The number of nitrogens with two attached hydrogens (primary N) is 1. The van der Waals surface area contributed by atoms with E-state index in [9.17, 15) is 13.5 Å². The number of hydrogen-bond acceptors (Lipinski definition) is 5. The third-order valence-electron chi connectivity index (χ3n) is 3.43. The van der Waals surface area contributed by atoms with E-state index < -0.39 is 22.0 Å². The first kappa shape index (κ1) is 25.1. The molecule has 0 radical (unpaired) electrons. The van der Waals surface area contributed by atoms with Gasteiger partial charge in [0.1, 0.15) is 5.75 Å². The van der Waals surface area contributed by atoms with Crippen LogP contribution in [0, 0.1) is 0 Å². The van der Waals surface area contributed by atoms with Gasteiger partial charge in [-0.15, -0.1) is 0 Å². The Kier molecular flexibility index (Phi) is 19.0. The third kappa shape index (κ3) is 17.2. The standard InChI is InChI=1S/C15H33NO4S.Na.H/c1-2-3-4-5-6-7-8-9-10-11-12-20-21(18,19)14-15(17)13-16;;/h15,17H,2-14,16H2,1H3;;/q;+1;-1. The molecule has 0 rings (SSSR count). The number of hydrogen-bond donors (Lipinski definition) is 2. The molecule has 0 saturated heterocycles. The van der Waals surface area contributed by atoms with Crippen molar-refractivity contribution in [3.05, 3.63) is 0 Å². The molecule has 0 fully saturated rings. The zero-order valence-electron chi connectivity index (χ0n) is 15.4. The first-order chi connectivity index (χ1) is 10.0. The Morgan fingerprint density at radius 1 is 1.00 bits per heavy atom. The van der Waals surface area contributed by atoms with Crippen molar-refractivity contribution in [2.24, 2.45) is 5.73 Å². The summed E-state index contributed by atoms with van der Waals surface area (Å²) in [6.45, 7) is 2.36. The van der Waals surface area contributed by atoms with Crippen molar-refractivity contribution < 1.29 is 48.7 Å². The predicted octanol–water partition coefficient (Wildman–Crippen LogP) is -0.310. The van der Waals surface area contributed by atoms with Crippen LogP contribution in [-0.4, -0.2) is 38.5 Å². The Morgan fingerprint density at radius 3 is 1.91 bits per heavy atom. The fourth-order valence-electron chi connectivity index (χ4n) is 2.13. The van der Waals surface area contributed by atoms with Gasteiger partial charge in [0, 0.05) is 6.54 Å². The van der Waals surface area contributed by atoms with E-state index in [2.05, 4.69) is 6.92 Å². The Labute approximate surface area is 160 Å². The summed E-state index contributed by atoms with van der Waals surface area (Å²) in [7, 11) is -3.63. The van der Waals surface area contributed by atoms with E-state index in [1.807, 2.05) is 0 Å². The van der Waals surface area contributed by atoms with E-state index in [0.29, 0.717) is 0 Å². The first-order valence-corrected chi connectivity index (χ1v) is 9.84. The monoisotopic (exact) mass is 347 g/mol. The Morgan fingerprint density at radius 2 is 1.45 bits per heavy atom. The van der Waals surface area contributed by atoms with Crippen LogP contribution in [0.25, 0.3) is 0 Å². The summed E-state index contributed by atoms with van der Waals surface area (Å²) in [6.07, 6.45) is 10.9. The van der Waals surface area contributed by atoms with Gasteiger partial charge in [0.15, 0.2) is 0 Å². The van der Waals surface area contributed by atoms with Crippen LogP contribution in [0.5, 0.6) is 0 Å². The van der Waals surface area contributed by atoms with Gasteiger partial charge in [-0.1, -0.05) is 64.7 Å². The SMILES string of the molecule is CCCCCCCCCCCCOS(=O)(=O)CC(O)CN.[H-].[Na+]. The van der Waals surface area contributed by atoms with Crippen molar-refractivity contribution in [1.29, 1.82) is 0 Å². The van der Waals surface area contributed by atoms with Gasteiger partial charge in [0.2, 0.25) is 0 Å². The van der Waals surface area contributed by atoms with Crippen molar-refractivity contribution in [2.45, 2.75) is 77.2 Å². The molecule has 130 valence electrons. The van der Waals surface area contributed by atoms with Crippen LogP contribution in [0.4, 0.5) is 0 Å². The average molecular weight is 347 g/mol. The molecule has 3 N–H and O–H groups in total. The molecule has 0 amide bonds. The molecule has 0 aliphatic carbocycles. The molecule has 1 atom stereocenters. The van der Waals surface area contributed by atoms with Crippen molar-refractivity contribution in [1.82, 2.24) is 0 Å². The Bertz CT molecular complexity index is 331. The first-order valence-electron chi connectivity index (χ1n) is 8.27. The minimum Gasteiger partial charge on any atom is -1.00 e. The summed E-state index contributed by atoms with van der Waals surface area (Å²) < 4.78 is 27.7. The molecule has 1 unspecified atom stereocenters. The van der Waals surface area contributed by atoms with Gasteiger partial charge in [0.25, 0.3) is 10.1 Å². The fraction of sp³-hybridized carbons (Fsp3) is 1.00. The minimum absolute atomic E-state index is 0. The second-order valence-electron chi connectivity index (χ2n) is 5.62. The smallest absolute Gasteiger partial charge is 1.00 e. The fourth-order valence-corrected chi connectivity index (χ4v) is 3.20. The van der Waals surface area contributed by atoms with E-state index in [1.54, 1.807) is 0 Å². The van der Waals surface area contributed by atoms with Crippen molar-refractivity contribution >= 4 is 10.1 Å². The summed E-state index contributed by atoms with van der Waals surface area (Å²) in [4.78, 5) is 0. The maximum Gasteiger partial charge on any atom is 1.00 e. The summed E-state index contributed by atoms with van der Waals surface area (Å²) in [6, 6.07) is 0. The molecule has 0 aliphatic rings. The maximum atomic E-state index is 11.4. The Balaban J connectivity index is -0.00000200. The number of aliphatic hydroxyl groups is 1. The molecule has 0 spiro atoms. The molecular weight excluding hydrogens is 313 g/mol. The van der Waals surface area contributed by atoms with Crippen LogP contribution in [0.3, 0.4) is 0 Å². The summed E-state index contributed by atoms with van der Waals surface area (Å²) in [5.41, 5.74) is 5.17. The van der Waals surface area contributed by atoms with Gasteiger partial charge in [-0.05, 0) is 6.42 Å². The molecule has 0 aromatic heterocycles. The van der Waals surface area contributed by atoms with Crippen LogP contribution in [-0.2, 0) is 14.3 Å². The minimum atomic E-state index is -3.63. The zero-order valence-corrected chi connectivity index (χ0v) is 17.2. The van der Waals surface area contributed by atoms with Crippen LogP contribution in [0.1, 0.15) is 72.6 Å². The molecule has 0 heterocycles. The topological polar surface area (TPSA) is 89.6 Å². The molecule has 7 heteroatoms. The predicted molar refractivity (Wildman–Crippen MR) is 87.8 cm³/mol. The molecule has 5 nitrogen and oxygen atoms in total. The Hall–Kier alpha value is 0.830. The molecular formula is C15H34NNaO4S. The molecule has 0 saturated carbocycles. The van der Waals surface area contributed by atoms with Gasteiger partial charge in [-0.2, -0.15) is 8.42 Å². The van der Waals surface area contributed by atoms with Gasteiger partial charge >= 0.3 is 29.6 Å². The van der Waals surface area contributed by atoms with Gasteiger partial charge in [0.05, 0.1) is 12.7 Å². The van der Waals surface area contributed by atoms with Crippen LogP contribution >= 0.6 is 0 Å². The molecule has 0 aromatic carbocycles. The van der Waals surface area contributed by atoms with E-state index >= 15 is 0 Å². The molecule has 0 aliphatic heterocycles. The number of rotatable bonds is 15. The molecule has 22 heavy (non-hydrogen) atoms.